The van der Waals surface area contributed by atoms with Crippen molar-refractivity contribution < 1.29 is 4.74 Å². The minimum Gasteiger partial charge on any atom is -0.383 e. The third-order valence-electron chi connectivity index (χ3n) is 3.74. The van der Waals surface area contributed by atoms with E-state index in [2.05, 4.69) is 18.7 Å². The van der Waals surface area contributed by atoms with Crippen LogP contribution in [0.5, 0.6) is 0 Å². The Bertz CT molecular complexity index is 182. The molecule has 0 radical (unpaired) electrons. The number of hydrogen-bond acceptors (Lipinski definition) is 3. The average molecular weight is 214 g/mol. The molecule has 3 nitrogen and oxygen atoms in total. The van der Waals surface area contributed by atoms with E-state index >= 15 is 0 Å². The van der Waals surface area contributed by atoms with Crippen LogP contribution in [0.1, 0.15) is 33.1 Å². The summed E-state index contributed by atoms with van der Waals surface area (Å²) in [5.74, 6) is 0.896. The number of methoxy groups -OCH3 is 1. The molecule has 1 unspecified atom stereocenters. The summed E-state index contributed by atoms with van der Waals surface area (Å²) < 4.78 is 5.29. The normalized spacial score (nSPS) is 21.4. The van der Waals surface area contributed by atoms with Gasteiger partial charge in [0.05, 0.1) is 12.1 Å². The molecule has 0 amide bonds. The first kappa shape index (κ1) is 12.9. The molecule has 0 aromatic heterocycles. The van der Waals surface area contributed by atoms with E-state index in [9.17, 15) is 0 Å². The van der Waals surface area contributed by atoms with Crippen LogP contribution in [0.15, 0.2) is 0 Å². The Hall–Kier alpha value is -0.120. The predicted molar refractivity (Wildman–Crippen MR) is 63.9 cm³/mol. The van der Waals surface area contributed by atoms with Crippen LogP contribution in [0.4, 0.5) is 0 Å². The largest absolute Gasteiger partial charge is 0.383 e. The highest BCUT2D eigenvalue weighted by Gasteiger charge is 2.32. The maximum absolute atomic E-state index is 5.88. The minimum atomic E-state index is 0.0130. The Kier molecular flexibility index (Phi) is 5.03. The van der Waals surface area contributed by atoms with Crippen molar-refractivity contribution in [1.82, 2.24) is 4.90 Å². The molecule has 1 aliphatic rings. The third-order valence-corrected chi connectivity index (χ3v) is 3.74. The van der Waals surface area contributed by atoms with Gasteiger partial charge >= 0.3 is 0 Å². The van der Waals surface area contributed by atoms with Crippen LogP contribution in [0, 0.1) is 5.92 Å². The van der Waals surface area contributed by atoms with Crippen molar-refractivity contribution in [1.29, 1.82) is 0 Å². The SMILES string of the molecule is CCN(CC1CCC1)C(C)(CN)COC. The molecule has 0 spiro atoms. The lowest BCUT2D eigenvalue weighted by Crippen LogP contribution is -2.56. The van der Waals surface area contributed by atoms with Gasteiger partial charge in [-0.1, -0.05) is 13.3 Å². The zero-order valence-corrected chi connectivity index (χ0v) is 10.5. The fourth-order valence-electron chi connectivity index (χ4n) is 2.31. The number of rotatable bonds is 7. The molecule has 0 bridgehead atoms. The maximum atomic E-state index is 5.88. The first-order valence-corrected chi connectivity index (χ1v) is 6.10. The lowest BCUT2D eigenvalue weighted by Gasteiger charge is -2.43. The number of likely N-dealkylation sites (N-methyl/N-ethyl adjacent to an activating group) is 1. The van der Waals surface area contributed by atoms with Crippen LogP contribution in [-0.4, -0.2) is 43.8 Å². The highest BCUT2D eigenvalue weighted by Crippen LogP contribution is 2.29. The monoisotopic (exact) mass is 214 g/mol. The van der Waals surface area contributed by atoms with Crippen LogP contribution in [0.3, 0.4) is 0 Å². The van der Waals surface area contributed by atoms with E-state index in [1.54, 1.807) is 7.11 Å². The number of nitrogens with zero attached hydrogens (tertiary/aromatic N) is 1. The Balaban J connectivity index is 2.51. The highest BCUT2D eigenvalue weighted by molar-refractivity contribution is 4.89. The second kappa shape index (κ2) is 5.83. The molecule has 1 saturated carbocycles. The Labute approximate surface area is 94.0 Å². The van der Waals surface area contributed by atoms with E-state index in [1.807, 2.05) is 0 Å². The van der Waals surface area contributed by atoms with Crippen LogP contribution in [0.2, 0.25) is 0 Å². The molecular formula is C12H26N2O. The molecule has 0 heterocycles. The summed E-state index contributed by atoms with van der Waals surface area (Å²) in [5, 5.41) is 0. The zero-order valence-electron chi connectivity index (χ0n) is 10.5. The standard InChI is InChI=1S/C12H26N2O/c1-4-14(8-11-6-5-7-11)12(2,9-13)10-15-3/h11H,4-10,13H2,1-3H3. The molecule has 3 heteroatoms. The summed E-state index contributed by atoms with van der Waals surface area (Å²) in [6.45, 7) is 8.06. The molecule has 0 saturated heterocycles. The Morgan fingerprint density at radius 1 is 1.47 bits per heavy atom. The molecule has 0 aliphatic heterocycles. The van der Waals surface area contributed by atoms with Gasteiger partial charge in [0.1, 0.15) is 0 Å². The van der Waals surface area contributed by atoms with Crippen LogP contribution in [-0.2, 0) is 4.74 Å². The summed E-state index contributed by atoms with van der Waals surface area (Å²) >= 11 is 0. The first-order valence-electron chi connectivity index (χ1n) is 6.10. The molecule has 0 aromatic carbocycles. The van der Waals surface area contributed by atoms with Gasteiger partial charge in [-0.3, -0.25) is 4.90 Å². The fraction of sp³-hybridized carbons (Fsp3) is 1.00. The number of nitrogens with two attached hydrogens (primary N) is 1. The maximum Gasteiger partial charge on any atom is 0.0656 e. The molecular weight excluding hydrogens is 188 g/mol. The van der Waals surface area contributed by atoms with E-state index in [-0.39, 0.29) is 5.54 Å². The van der Waals surface area contributed by atoms with E-state index in [0.717, 1.165) is 19.1 Å². The van der Waals surface area contributed by atoms with E-state index < -0.39 is 0 Å². The van der Waals surface area contributed by atoms with E-state index in [1.165, 1.54) is 25.8 Å². The quantitative estimate of drug-likeness (QED) is 0.697. The third kappa shape index (κ3) is 3.16. The number of ether oxygens (including phenoxy) is 1. The van der Waals surface area contributed by atoms with Crippen molar-refractivity contribution in [3.63, 3.8) is 0 Å². The van der Waals surface area contributed by atoms with Gasteiger partial charge < -0.3 is 10.5 Å². The number of hydrogen-bond donors (Lipinski definition) is 1. The Morgan fingerprint density at radius 2 is 2.13 bits per heavy atom. The van der Waals surface area contributed by atoms with Crippen LogP contribution < -0.4 is 5.73 Å². The lowest BCUT2D eigenvalue weighted by atomic mass is 9.84. The van der Waals surface area contributed by atoms with Gasteiger partial charge in [0.15, 0.2) is 0 Å². The van der Waals surface area contributed by atoms with Gasteiger partial charge in [-0.2, -0.15) is 0 Å². The second-order valence-electron chi connectivity index (χ2n) is 4.97. The topological polar surface area (TPSA) is 38.5 Å². The van der Waals surface area contributed by atoms with Crippen LogP contribution in [0.25, 0.3) is 0 Å². The van der Waals surface area contributed by atoms with Crippen molar-refractivity contribution in [2.75, 3.05) is 33.4 Å². The van der Waals surface area contributed by atoms with Gasteiger partial charge in [-0.15, -0.1) is 0 Å². The van der Waals surface area contributed by atoms with Gasteiger partial charge in [0.25, 0.3) is 0 Å². The molecule has 1 rings (SSSR count). The summed E-state index contributed by atoms with van der Waals surface area (Å²) in [6.07, 6.45) is 4.19. The van der Waals surface area contributed by atoms with Crippen molar-refractivity contribution >= 4 is 0 Å². The van der Waals surface area contributed by atoms with Crippen molar-refractivity contribution in [3.8, 4) is 0 Å². The summed E-state index contributed by atoms with van der Waals surface area (Å²) in [4.78, 5) is 2.49. The Morgan fingerprint density at radius 3 is 2.47 bits per heavy atom. The lowest BCUT2D eigenvalue weighted by molar-refractivity contribution is 0.0124. The molecule has 90 valence electrons. The molecule has 1 fully saturated rings. The molecule has 0 aromatic rings. The molecule has 2 N–H and O–H groups in total. The van der Waals surface area contributed by atoms with Gasteiger partial charge in [0, 0.05) is 20.2 Å². The molecule has 15 heavy (non-hydrogen) atoms. The first-order chi connectivity index (χ1) is 7.16. The van der Waals surface area contributed by atoms with E-state index in [4.69, 9.17) is 10.5 Å². The summed E-state index contributed by atoms with van der Waals surface area (Å²) in [7, 11) is 1.76. The van der Waals surface area contributed by atoms with E-state index in [0.29, 0.717) is 6.54 Å². The van der Waals surface area contributed by atoms with Crippen LogP contribution >= 0.6 is 0 Å². The van der Waals surface area contributed by atoms with Gasteiger partial charge in [-0.05, 0) is 32.2 Å². The average Bonchev–Trinajstić information content (AvgIpc) is 2.16. The van der Waals surface area contributed by atoms with Gasteiger partial charge in [-0.25, -0.2) is 0 Å². The molecule has 1 aliphatic carbocycles. The predicted octanol–water partition coefficient (Wildman–Crippen LogP) is 1.47. The van der Waals surface area contributed by atoms with Crippen molar-refractivity contribution in [3.05, 3.63) is 0 Å². The minimum absolute atomic E-state index is 0.0130. The summed E-state index contributed by atoms with van der Waals surface area (Å²) in [6, 6.07) is 0. The second-order valence-corrected chi connectivity index (χ2v) is 4.97. The zero-order chi connectivity index (χ0) is 11.3. The van der Waals surface area contributed by atoms with Gasteiger partial charge in [0.2, 0.25) is 0 Å². The van der Waals surface area contributed by atoms with Crippen molar-refractivity contribution in [2.24, 2.45) is 11.7 Å². The van der Waals surface area contributed by atoms with Crippen molar-refractivity contribution in [2.45, 2.75) is 38.6 Å². The fourth-order valence-corrected chi connectivity index (χ4v) is 2.31. The smallest absolute Gasteiger partial charge is 0.0656 e. The highest BCUT2D eigenvalue weighted by atomic mass is 16.5. The summed E-state index contributed by atoms with van der Waals surface area (Å²) in [5.41, 5.74) is 5.90. The molecule has 1 atom stereocenters.